The van der Waals surface area contributed by atoms with E-state index in [-0.39, 0.29) is 5.54 Å². The van der Waals surface area contributed by atoms with Crippen LogP contribution in [0.2, 0.25) is 0 Å². The molecule has 2 heteroatoms. The highest BCUT2D eigenvalue weighted by Gasteiger charge is 2.42. The summed E-state index contributed by atoms with van der Waals surface area (Å²) in [6.45, 7) is 4.38. The van der Waals surface area contributed by atoms with E-state index >= 15 is 0 Å². The zero-order chi connectivity index (χ0) is 14.7. The first-order chi connectivity index (χ1) is 10.3. The molecule has 2 aliphatic rings. The van der Waals surface area contributed by atoms with Crippen LogP contribution in [0.1, 0.15) is 56.6 Å². The summed E-state index contributed by atoms with van der Waals surface area (Å²) in [6.07, 6.45) is 10.3. The third-order valence-corrected chi connectivity index (χ3v) is 5.74. The Kier molecular flexibility index (Phi) is 4.66. The molecule has 0 aromatic heterocycles. The van der Waals surface area contributed by atoms with Crippen molar-refractivity contribution >= 4 is 0 Å². The number of aryl methyl sites for hydroxylation is 1. The quantitative estimate of drug-likeness (QED) is 0.917. The van der Waals surface area contributed by atoms with Crippen molar-refractivity contribution in [3.05, 3.63) is 35.4 Å². The van der Waals surface area contributed by atoms with E-state index < -0.39 is 0 Å². The Labute approximate surface area is 129 Å². The number of rotatable bonds is 4. The van der Waals surface area contributed by atoms with Crippen molar-refractivity contribution in [1.29, 1.82) is 0 Å². The van der Waals surface area contributed by atoms with Crippen LogP contribution in [0, 0.1) is 0 Å². The van der Waals surface area contributed by atoms with E-state index in [2.05, 4.69) is 36.1 Å². The molecule has 1 saturated heterocycles. The molecule has 116 valence electrons. The van der Waals surface area contributed by atoms with Crippen molar-refractivity contribution < 1.29 is 0 Å². The van der Waals surface area contributed by atoms with Gasteiger partial charge in [-0.15, -0.1) is 0 Å². The highest BCUT2D eigenvalue weighted by Crippen LogP contribution is 2.37. The SMILES string of the molecule is CCCC1CCCCN1C1(CN)CCc2ccccc2C1. The van der Waals surface area contributed by atoms with Gasteiger partial charge in [0.1, 0.15) is 0 Å². The summed E-state index contributed by atoms with van der Waals surface area (Å²) in [4.78, 5) is 2.82. The zero-order valence-electron chi connectivity index (χ0n) is 13.5. The summed E-state index contributed by atoms with van der Waals surface area (Å²) in [6, 6.07) is 9.74. The summed E-state index contributed by atoms with van der Waals surface area (Å²) in [5.41, 5.74) is 9.64. The highest BCUT2D eigenvalue weighted by atomic mass is 15.2. The summed E-state index contributed by atoms with van der Waals surface area (Å²) < 4.78 is 0. The van der Waals surface area contributed by atoms with Gasteiger partial charge in [-0.05, 0) is 56.2 Å². The summed E-state index contributed by atoms with van der Waals surface area (Å²) in [5.74, 6) is 0. The van der Waals surface area contributed by atoms with Crippen LogP contribution in [-0.4, -0.2) is 29.6 Å². The number of piperidine rings is 1. The molecule has 1 fully saturated rings. The van der Waals surface area contributed by atoms with Crippen LogP contribution < -0.4 is 5.73 Å². The molecule has 2 nitrogen and oxygen atoms in total. The maximum absolute atomic E-state index is 6.34. The molecule has 2 unspecified atom stereocenters. The number of fused-ring (bicyclic) bond motifs is 1. The van der Waals surface area contributed by atoms with Crippen LogP contribution in [0.5, 0.6) is 0 Å². The average molecular weight is 286 g/mol. The molecular formula is C19H30N2. The van der Waals surface area contributed by atoms with E-state index in [1.807, 2.05) is 0 Å². The first kappa shape index (κ1) is 15.1. The van der Waals surface area contributed by atoms with Gasteiger partial charge in [0.25, 0.3) is 0 Å². The van der Waals surface area contributed by atoms with Crippen LogP contribution in [-0.2, 0) is 12.8 Å². The Morgan fingerprint density at radius 3 is 2.81 bits per heavy atom. The third-order valence-electron chi connectivity index (χ3n) is 5.74. The molecule has 1 heterocycles. The Balaban J connectivity index is 1.86. The Morgan fingerprint density at radius 1 is 1.24 bits per heavy atom. The van der Waals surface area contributed by atoms with Crippen molar-refractivity contribution in [2.75, 3.05) is 13.1 Å². The first-order valence-corrected chi connectivity index (χ1v) is 8.83. The molecule has 0 saturated carbocycles. The standard InChI is InChI=1S/C19H30N2/c1-2-7-18-10-5-6-13-21(18)19(15-20)12-11-16-8-3-4-9-17(16)14-19/h3-4,8-9,18H,2,5-7,10-15,20H2,1H3. The van der Waals surface area contributed by atoms with Gasteiger partial charge < -0.3 is 5.73 Å². The molecule has 1 aliphatic heterocycles. The Bertz CT molecular complexity index is 468. The number of hydrogen-bond donors (Lipinski definition) is 1. The lowest BCUT2D eigenvalue weighted by molar-refractivity contribution is 0.00839. The number of nitrogens with two attached hydrogens (primary N) is 1. The fraction of sp³-hybridized carbons (Fsp3) is 0.684. The summed E-state index contributed by atoms with van der Waals surface area (Å²) >= 11 is 0. The molecule has 0 radical (unpaired) electrons. The minimum atomic E-state index is 0.217. The number of likely N-dealkylation sites (tertiary alicyclic amines) is 1. The Morgan fingerprint density at radius 2 is 2.05 bits per heavy atom. The molecule has 0 bridgehead atoms. The average Bonchev–Trinajstić information content (AvgIpc) is 2.55. The number of benzene rings is 1. The van der Waals surface area contributed by atoms with E-state index in [0.29, 0.717) is 0 Å². The van der Waals surface area contributed by atoms with Crippen LogP contribution in [0.15, 0.2) is 24.3 Å². The minimum absolute atomic E-state index is 0.217. The van der Waals surface area contributed by atoms with Crippen LogP contribution >= 0.6 is 0 Å². The van der Waals surface area contributed by atoms with Gasteiger partial charge >= 0.3 is 0 Å². The fourth-order valence-electron chi connectivity index (χ4n) is 4.58. The smallest absolute Gasteiger partial charge is 0.0378 e. The maximum atomic E-state index is 6.34. The van der Waals surface area contributed by atoms with E-state index in [9.17, 15) is 0 Å². The van der Waals surface area contributed by atoms with Gasteiger partial charge in [0.05, 0.1) is 0 Å². The summed E-state index contributed by atoms with van der Waals surface area (Å²) in [7, 11) is 0. The lowest BCUT2D eigenvalue weighted by atomic mass is 9.75. The Hall–Kier alpha value is -0.860. The number of hydrogen-bond acceptors (Lipinski definition) is 2. The lowest BCUT2D eigenvalue weighted by Gasteiger charge is -2.52. The monoisotopic (exact) mass is 286 g/mol. The molecule has 21 heavy (non-hydrogen) atoms. The molecule has 3 rings (SSSR count). The lowest BCUT2D eigenvalue weighted by Crippen LogP contribution is -2.61. The largest absolute Gasteiger partial charge is 0.329 e. The normalized spacial score (nSPS) is 30.1. The van der Waals surface area contributed by atoms with Crippen molar-refractivity contribution in [3.8, 4) is 0 Å². The molecule has 2 atom stereocenters. The number of nitrogens with zero attached hydrogens (tertiary/aromatic N) is 1. The van der Waals surface area contributed by atoms with E-state index in [4.69, 9.17) is 5.73 Å². The van der Waals surface area contributed by atoms with Crippen molar-refractivity contribution in [1.82, 2.24) is 4.90 Å². The summed E-state index contributed by atoms with van der Waals surface area (Å²) in [5, 5.41) is 0. The molecule has 1 aromatic rings. The first-order valence-electron chi connectivity index (χ1n) is 8.83. The molecule has 0 spiro atoms. The van der Waals surface area contributed by atoms with Gasteiger partial charge in [0.2, 0.25) is 0 Å². The predicted molar refractivity (Wildman–Crippen MR) is 89.5 cm³/mol. The van der Waals surface area contributed by atoms with Gasteiger partial charge in [-0.3, -0.25) is 4.90 Å². The van der Waals surface area contributed by atoms with Gasteiger partial charge in [-0.2, -0.15) is 0 Å². The molecule has 0 amide bonds. The van der Waals surface area contributed by atoms with Crippen LogP contribution in [0.4, 0.5) is 0 Å². The van der Waals surface area contributed by atoms with Crippen LogP contribution in [0.3, 0.4) is 0 Å². The second-order valence-electron chi connectivity index (χ2n) is 7.01. The van der Waals surface area contributed by atoms with Crippen molar-refractivity contribution in [2.24, 2.45) is 5.73 Å². The fourth-order valence-corrected chi connectivity index (χ4v) is 4.58. The van der Waals surface area contributed by atoms with Crippen molar-refractivity contribution in [2.45, 2.75) is 69.9 Å². The van der Waals surface area contributed by atoms with Gasteiger partial charge in [0.15, 0.2) is 0 Å². The maximum Gasteiger partial charge on any atom is 0.0378 e. The third kappa shape index (κ3) is 2.89. The second kappa shape index (κ2) is 6.50. The highest BCUT2D eigenvalue weighted by molar-refractivity contribution is 5.32. The topological polar surface area (TPSA) is 29.3 Å². The van der Waals surface area contributed by atoms with Gasteiger partial charge in [-0.25, -0.2) is 0 Å². The van der Waals surface area contributed by atoms with E-state index in [0.717, 1.165) is 19.0 Å². The van der Waals surface area contributed by atoms with Gasteiger partial charge in [0, 0.05) is 18.1 Å². The molecule has 1 aliphatic carbocycles. The molecule has 1 aromatic carbocycles. The second-order valence-corrected chi connectivity index (χ2v) is 7.01. The van der Waals surface area contributed by atoms with Crippen LogP contribution in [0.25, 0.3) is 0 Å². The zero-order valence-corrected chi connectivity index (χ0v) is 13.5. The molecule has 2 N–H and O–H groups in total. The molecular weight excluding hydrogens is 256 g/mol. The van der Waals surface area contributed by atoms with Gasteiger partial charge in [-0.1, -0.05) is 44.0 Å². The van der Waals surface area contributed by atoms with E-state index in [1.165, 1.54) is 57.1 Å². The van der Waals surface area contributed by atoms with Crippen molar-refractivity contribution in [3.63, 3.8) is 0 Å². The minimum Gasteiger partial charge on any atom is -0.329 e. The predicted octanol–water partition coefficient (Wildman–Crippen LogP) is 3.53. The van der Waals surface area contributed by atoms with E-state index in [1.54, 1.807) is 5.56 Å².